The van der Waals surface area contributed by atoms with Crippen LogP contribution in [0.5, 0.6) is 11.5 Å². The number of halogens is 2. The van der Waals surface area contributed by atoms with Crippen LogP contribution in [-0.4, -0.2) is 18.0 Å². The lowest BCUT2D eigenvalue weighted by Crippen LogP contribution is -2.16. The number of phenolic OH excluding ortho intramolecular Hbond substituents is 1. The second-order valence-electron chi connectivity index (χ2n) is 2.87. The summed E-state index contributed by atoms with van der Waals surface area (Å²) in [4.78, 5) is 0. The molecule has 1 N–H and O–H groups in total. The van der Waals surface area contributed by atoms with Gasteiger partial charge < -0.3 is 14.6 Å². The first-order valence-corrected chi connectivity index (χ1v) is 6.66. The van der Waals surface area contributed by atoms with E-state index in [1.807, 2.05) is 13.8 Å². The highest BCUT2D eigenvalue weighted by Crippen LogP contribution is 2.30. The van der Waals surface area contributed by atoms with E-state index in [0.717, 1.165) is 12.9 Å². The molecular formula is C10H12I2O3. The molecule has 0 fully saturated rings. The van der Waals surface area contributed by atoms with E-state index in [1.54, 1.807) is 12.1 Å². The Kier molecular flexibility index (Phi) is 5.41. The maximum atomic E-state index is 9.46. The molecule has 1 atom stereocenters. The average molecular weight is 434 g/mol. The van der Waals surface area contributed by atoms with Gasteiger partial charge in [-0.05, 0) is 71.2 Å². The van der Waals surface area contributed by atoms with Crippen LogP contribution >= 0.6 is 45.2 Å². The lowest BCUT2D eigenvalue weighted by Gasteiger charge is -2.16. The Morgan fingerprint density at radius 3 is 2.60 bits per heavy atom. The number of phenols is 1. The summed E-state index contributed by atoms with van der Waals surface area (Å²) in [6.07, 6.45) is -0.274. The smallest absolute Gasteiger partial charge is 0.197 e. The third-order valence-electron chi connectivity index (χ3n) is 1.70. The molecule has 0 saturated heterocycles. The minimum absolute atomic E-state index is 0.274. The van der Waals surface area contributed by atoms with Gasteiger partial charge in [0.05, 0.1) is 7.14 Å². The van der Waals surface area contributed by atoms with Gasteiger partial charge in [0.15, 0.2) is 6.29 Å². The fourth-order valence-electron chi connectivity index (χ4n) is 1.06. The number of hydrogen-bond donors (Lipinski definition) is 1. The highest BCUT2D eigenvalue weighted by Gasteiger charge is 2.10. The number of ether oxygens (including phenoxy) is 2. The lowest BCUT2D eigenvalue weighted by molar-refractivity contribution is -0.0618. The quantitative estimate of drug-likeness (QED) is 0.584. The van der Waals surface area contributed by atoms with Crippen molar-refractivity contribution in [1.82, 2.24) is 0 Å². The van der Waals surface area contributed by atoms with Crippen molar-refractivity contribution in [1.29, 1.82) is 0 Å². The van der Waals surface area contributed by atoms with Gasteiger partial charge in [-0.2, -0.15) is 0 Å². The summed E-state index contributed by atoms with van der Waals surface area (Å²) in [5, 5.41) is 9.46. The Bertz CT molecular complexity index is 342. The summed E-state index contributed by atoms with van der Waals surface area (Å²) >= 11 is 4.18. The lowest BCUT2D eigenvalue weighted by atomic mass is 10.3. The molecule has 0 saturated carbocycles. The molecule has 0 aliphatic heterocycles. The Morgan fingerprint density at radius 1 is 1.33 bits per heavy atom. The van der Waals surface area contributed by atoms with Crippen molar-refractivity contribution in [3.05, 3.63) is 19.3 Å². The zero-order valence-electron chi connectivity index (χ0n) is 8.46. The van der Waals surface area contributed by atoms with Crippen LogP contribution in [0, 0.1) is 7.14 Å². The number of rotatable bonds is 4. The van der Waals surface area contributed by atoms with Crippen molar-refractivity contribution >= 4 is 45.2 Å². The molecule has 1 aromatic rings. The van der Waals surface area contributed by atoms with Gasteiger partial charge in [0, 0.05) is 6.61 Å². The molecule has 0 aliphatic carbocycles. The normalized spacial score (nSPS) is 12.5. The summed E-state index contributed by atoms with van der Waals surface area (Å²) < 4.78 is 12.5. The molecule has 0 bridgehead atoms. The molecule has 0 aromatic heterocycles. The maximum absolute atomic E-state index is 9.46. The second kappa shape index (κ2) is 6.09. The largest absolute Gasteiger partial charge is 0.507 e. The molecule has 15 heavy (non-hydrogen) atoms. The van der Waals surface area contributed by atoms with Crippen LogP contribution in [0.1, 0.15) is 13.8 Å². The third kappa shape index (κ3) is 3.95. The molecule has 1 rings (SSSR count). The summed E-state index contributed by atoms with van der Waals surface area (Å²) in [6.45, 7) is 4.39. The molecule has 0 radical (unpaired) electrons. The van der Waals surface area contributed by atoms with Crippen LogP contribution < -0.4 is 4.74 Å². The Hall–Kier alpha value is 0.240. The van der Waals surface area contributed by atoms with Gasteiger partial charge in [0.2, 0.25) is 0 Å². The summed E-state index contributed by atoms with van der Waals surface area (Å²) in [7, 11) is 0. The van der Waals surface area contributed by atoms with E-state index in [1.165, 1.54) is 0 Å². The third-order valence-corrected chi connectivity index (χ3v) is 3.40. The number of aromatic hydroxyl groups is 1. The molecule has 0 aliphatic rings. The van der Waals surface area contributed by atoms with Crippen LogP contribution in [-0.2, 0) is 4.74 Å². The molecule has 0 amide bonds. The van der Waals surface area contributed by atoms with Crippen LogP contribution in [0.4, 0.5) is 0 Å². The SMILES string of the molecule is CCOC(C)Oc1cc(I)c(O)cc1I. The van der Waals surface area contributed by atoms with Gasteiger partial charge in [-0.25, -0.2) is 0 Å². The predicted octanol–water partition coefficient (Wildman–Crippen LogP) is 3.36. The predicted molar refractivity (Wildman–Crippen MR) is 75.3 cm³/mol. The Morgan fingerprint density at radius 2 is 2.00 bits per heavy atom. The van der Waals surface area contributed by atoms with Crippen LogP contribution in [0.2, 0.25) is 0 Å². The van der Waals surface area contributed by atoms with Gasteiger partial charge in [0.25, 0.3) is 0 Å². The van der Waals surface area contributed by atoms with Crippen molar-refractivity contribution in [3.63, 3.8) is 0 Å². The van der Waals surface area contributed by atoms with Crippen LogP contribution in [0.3, 0.4) is 0 Å². The zero-order chi connectivity index (χ0) is 11.4. The molecule has 0 spiro atoms. The summed E-state index contributed by atoms with van der Waals surface area (Å²) in [5.74, 6) is 1.01. The maximum Gasteiger partial charge on any atom is 0.197 e. The monoisotopic (exact) mass is 434 g/mol. The van der Waals surface area contributed by atoms with Crippen molar-refractivity contribution in [2.45, 2.75) is 20.1 Å². The minimum Gasteiger partial charge on any atom is -0.507 e. The highest BCUT2D eigenvalue weighted by atomic mass is 127. The molecule has 1 unspecified atom stereocenters. The van der Waals surface area contributed by atoms with Crippen molar-refractivity contribution in [2.75, 3.05) is 6.61 Å². The molecule has 1 aromatic carbocycles. The zero-order valence-corrected chi connectivity index (χ0v) is 12.8. The van der Waals surface area contributed by atoms with E-state index in [2.05, 4.69) is 45.2 Å². The molecule has 84 valence electrons. The Labute approximate surface area is 116 Å². The first-order valence-electron chi connectivity index (χ1n) is 4.50. The molecule has 0 heterocycles. The minimum atomic E-state index is -0.274. The number of hydrogen-bond acceptors (Lipinski definition) is 3. The second-order valence-corrected chi connectivity index (χ2v) is 5.20. The van der Waals surface area contributed by atoms with E-state index in [-0.39, 0.29) is 12.0 Å². The van der Waals surface area contributed by atoms with Gasteiger partial charge in [-0.3, -0.25) is 0 Å². The van der Waals surface area contributed by atoms with E-state index in [0.29, 0.717) is 6.61 Å². The van der Waals surface area contributed by atoms with Gasteiger partial charge >= 0.3 is 0 Å². The van der Waals surface area contributed by atoms with Crippen molar-refractivity contribution in [2.24, 2.45) is 0 Å². The van der Waals surface area contributed by atoms with Gasteiger partial charge in [-0.1, -0.05) is 0 Å². The van der Waals surface area contributed by atoms with Crippen LogP contribution in [0.25, 0.3) is 0 Å². The van der Waals surface area contributed by atoms with E-state index in [9.17, 15) is 5.11 Å². The van der Waals surface area contributed by atoms with Crippen LogP contribution in [0.15, 0.2) is 12.1 Å². The first kappa shape index (κ1) is 13.3. The highest BCUT2D eigenvalue weighted by molar-refractivity contribution is 14.1. The molecular weight excluding hydrogens is 422 g/mol. The van der Waals surface area contributed by atoms with Crippen molar-refractivity contribution < 1.29 is 14.6 Å². The summed E-state index contributed by atoms with van der Waals surface area (Å²) in [5.41, 5.74) is 0. The van der Waals surface area contributed by atoms with E-state index >= 15 is 0 Å². The number of benzene rings is 1. The molecule has 5 heteroatoms. The first-order chi connectivity index (χ1) is 7.04. The Balaban J connectivity index is 2.81. The van der Waals surface area contributed by atoms with Crippen molar-refractivity contribution in [3.8, 4) is 11.5 Å². The fraction of sp³-hybridized carbons (Fsp3) is 0.400. The molecule has 3 nitrogen and oxygen atoms in total. The fourth-order valence-corrected chi connectivity index (χ4v) is 2.07. The van der Waals surface area contributed by atoms with E-state index in [4.69, 9.17) is 9.47 Å². The topological polar surface area (TPSA) is 38.7 Å². The average Bonchev–Trinajstić information content (AvgIpc) is 2.14. The van der Waals surface area contributed by atoms with Gasteiger partial charge in [0.1, 0.15) is 11.5 Å². The van der Waals surface area contributed by atoms with E-state index < -0.39 is 0 Å². The summed E-state index contributed by atoms with van der Waals surface area (Å²) in [6, 6.07) is 3.48. The standard InChI is InChI=1S/C10H12I2O3/c1-3-14-6(2)15-10-5-7(11)9(13)4-8(10)12/h4-6,13H,3H2,1-2H3. The van der Waals surface area contributed by atoms with Gasteiger partial charge in [-0.15, -0.1) is 0 Å².